The van der Waals surface area contributed by atoms with Gasteiger partial charge in [0.25, 0.3) is 5.91 Å². The zero-order chi connectivity index (χ0) is 18.0. The Morgan fingerprint density at radius 2 is 1.69 bits per heavy atom. The van der Waals surface area contributed by atoms with Gasteiger partial charge in [0, 0.05) is 23.7 Å². The summed E-state index contributed by atoms with van der Waals surface area (Å²) in [5.74, 6) is 0.129. The molecule has 2 atom stereocenters. The summed E-state index contributed by atoms with van der Waals surface area (Å²) in [6.45, 7) is 5.26. The Balaban J connectivity index is 0.00000243. The monoisotopic (exact) mass is 372 g/mol. The van der Waals surface area contributed by atoms with E-state index in [1.807, 2.05) is 43.0 Å². The number of hydrogen-bond donors (Lipinski definition) is 1. The lowest BCUT2D eigenvalue weighted by Gasteiger charge is -2.22. The number of hydrogen-bond acceptors (Lipinski definition) is 3. The van der Waals surface area contributed by atoms with Crippen molar-refractivity contribution in [3.8, 4) is 0 Å². The highest BCUT2D eigenvalue weighted by Crippen LogP contribution is 2.26. The molecule has 0 spiro atoms. The van der Waals surface area contributed by atoms with Crippen LogP contribution in [-0.4, -0.2) is 35.7 Å². The van der Waals surface area contributed by atoms with Crippen molar-refractivity contribution in [1.82, 2.24) is 4.90 Å². The fourth-order valence-corrected chi connectivity index (χ4v) is 3.48. The first kappa shape index (κ1) is 20.1. The van der Waals surface area contributed by atoms with E-state index in [0.717, 1.165) is 12.0 Å². The molecule has 1 amide bonds. The second-order valence-electron chi connectivity index (χ2n) is 6.88. The van der Waals surface area contributed by atoms with Crippen LogP contribution in [0.5, 0.6) is 0 Å². The number of likely N-dealkylation sites (tertiary alicyclic amines) is 1. The van der Waals surface area contributed by atoms with Crippen molar-refractivity contribution in [1.29, 1.82) is 0 Å². The van der Waals surface area contributed by atoms with E-state index in [0.29, 0.717) is 35.7 Å². The Labute approximate surface area is 160 Å². The van der Waals surface area contributed by atoms with Crippen LogP contribution in [0.3, 0.4) is 0 Å². The zero-order valence-electron chi connectivity index (χ0n) is 15.1. The van der Waals surface area contributed by atoms with Crippen LogP contribution >= 0.6 is 12.4 Å². The third-order valence-corrected chi connectivity index (χ3v) is 4.97. The van der Waals surface area contributed by atoms with E-state index in [2.05, 4.69) is 0 Å². The summed E-state index contributed by atoms with van der Waals surface area (Å²) >= 11 is 0. The summed E-state index contributed by atoms with van der Waals surface area (Å²) in [7, 11) is 0. The maximum Gasteiger partial charge on any atom is 0.254 e. The topological polar surface area (TPSA) is 63.4 Å². The largest absolute Gasteiger partial charge is 0.336 e. The molecular weight excluding hydrogens is 348 g/mol. The van der Waals surface area contributed by atoms with E-state index in [4.69, 9.17) is 5.73 Å². The summed E-state index contributed by atoms with van der Waals surface area (Å²) in [4.78, 5) is 27.8. The van der Waals surface area contributed by atoms with Crippen LogP contribution < -0.4 is 5.73 Å². The SMILES string of the molecule is Cc1ccc(C(=O)c2ccccc2C(=O)N2CC(CN)CC2C)cc1.Cl. The van der Waals surface area contributed by atoms with Crippen molar-refractivity contribution in [2.45, 2.75) is 26.3 Å². The number of nitrogens with two attached hydrogens (primary N) is 1. The van der Waals surface area contributed by atoms with Gasteiger partial charge in [-0.15, -0.1) is 12.4 Å². The van der Waals surface area contributed by atoms with Gasteiger partial charge in [-0.3, -0.25) is 9.59 Å². The van der Waals surface area contributed by atoms with Crippen molar-refractivity contribution in [3.05, 3.63) is 70.8 Å². The van der Waals surface area contributed by atoms with E-state index >= 15 is 0 Å². The molecule has 1 aliphatic heterocycles. The molecule has 1 aliphatic rings. The Kier molecular flexibility index (Phi) is 6.57. The van der Waals surface area contributed by atoms with Crippen LogP contribution in [0.15, 0.2) is 48.5 Å². The Hall–Kier alpha value is -2.17. The van der Waals surface area contributed by atoms with Crippen molar-refractivity contribution in [3.63, 3.8) is 0 Å². The molecule has 2 aromatic rings. The lowest BCUT2D eigenvalue weighted by atomic mass is 9.97. The molecule has 2 aromatic carbocycles. The van der Waals surface area contributed by atoms with Gasteiger partial charge in [0.05, 0.1) is 5.56 Å². The van der Waals surface area contributed by atoms with Crippen LogP contribution in [0.25, 0.3) is 0 Å². The second-order valence-corrected chi connectivity index (χ2v) is 6.88. The lowest BCUT2D eigenvalue weighted by Crippen LogP contribution is -2.35. The first-order valence-electron chi connectivity index (χ1n) is 8.72. The minimum atomic E-state index is -0.119. The summed E-state index contributed by atoms with van der Waals surface area (Å²) < 4.78 is 0. The first-order valence-corrected chi connectivity index (χ1v) is 8.72. The van der Waals surface area contributed by atoms with Gasteiger partial charge in [-0.1, -0.05) is 48.0 Å². The third kappa shape index (κ3) is 3.97. The second kappa shape index (κ2) is 8.47. The normalized spacial score (nSPS) is 19.1. The van der Waals surface area contributed by atoms with Gasteiger partial charge in [0.2, 0.25) is 0 Å². The van der Waals surface area contributed by atoms with Crippen LogP contribution in [0.2, 0.25) is 0 Å². The number of ketones is 1. The molecule has 3 rings (SSSR count). The van der Waals surface area contributed by atoms with Gasteiger partial charge in [-0.25, -0.2) is 0 Å². The maximum absolute atomic E-state index is 13.1. The Morgan fingerprint density at radius 1 is 1.08 bits per heavy atom. The highest BCUT2D eigenvalue weighted by atomic mass is 35.5. The zero-order valence-corrected chi connectivity index (χ0v) is 16.0. The standard InChI is InChI=1S/C21H24N2O2.ClH/c1-14-7-9-17(10-8-14)20(24)18-5-3-4-6-19(18)21(25)23-13-16(12-22)11-15(23)2;/h3-10,15-16H,11-13,22H2,1-2H3;1H. The van der Waals surface area contributed by atoms with Gasteiger partial charge in [-0.2, -0.15) is 0 Å². The molecular formula is C21H25ClN2O2. The molecule has 0 saturated carbocycles. The Morgan fingerprint density at radius 3 is 2.27 bits per heavy atom. The van der Waals surface area contributed by atoms with Crippen molar-refractivity contribution >= 4 is 24.1 Å². The summed E-state index contributed by atoms with van der Waals surface area (Å²) in [5.41, 5.74) is 8.39. The molecule has 138 valence electrons. The molecule has 26 heavy (non-hydrogen) atoms. The van der Waals surface area contributed by atoms with Crippen LogP contribution in [-0.2, 0) is 0 Å². The fraction of sp³-hybridized carbons (Fsp3) is 0.333. The van der Waals surface area contributed by atoms with Gasteiger partial charge in [-0.05, 0) is 38.8 Å². The van der Waals surface area contributed by atoms with Crippen LogP contribution in [0.1, 0.15) is 45.2 Å². The average Bonchev–Trinajstić information content (AvgIpc) is 3.02. The molecule has 2 N–H and O–H groups in total. The number of benzene rings is 2. The van der Waals surface area contributed by atoms with E-state index in [1.54, 1.807) is 24.3 Å². The molecule has 0 bridgehead atoms. The van der Waals surface area contributed by atoms with E-state index in [1.165, 1.54) is 0 Å². The smallest absolute Gasteiger partial charge is 0.254 e. The van der Waals surface area contributed by atoms with Crippen molar-refractivity contribution in [2.24, 2.45) is 11.7 Å². The number of nitrogens with zero attached hydrogens (tertiary/aromatic N) is 1. The first-order chi connectivity index (χ1) is 12.0. The van der Waals surface area contributed by atoms with E-state index in [-0.39, 0.29) is 30.1 Å². The van der Waals surface area contributed by atoms with Crippen molar-refractivity contribution in [2.75, 3.05) is 13.1 Å². The molecule has 1 saturated heterocycles. The lowest BCUT2D eigenvalue weighted by molar-refractivity contribution is 0.0739. The highest BCUT2D eigenvalue weighted by molar-refractivity contribution is 6.15. The molecule has 5 heteroatoms. The molecule has 1 fully saturated rings. The third-order valence-electron chi connectivity index (χ3n) is 4.97. The predicted molar refractivity (Wildman–Crippen MR) is 106 cm³/mol. The van der Waals surface area contributed by atoms with Crippen LogP contribution in [0.4, 0.5) is 0 Å². The van der Waals surface area contributed by atoms with Crippen molar-refractivity contribution < 1.29 is 9.59 Å². The maximum atomic E-state index is 13.1. The fourth-order valence-electron chi connectivity index (χ4n) is 3.48. The molecule has 0 radical (unpaired) electrons. The minimum Gasteiger partial charge on any atom is -0.336 e. The summed E-state index contributed by atoms with van der Waals surface area (Å²) in [5, 5.41) is 0. The average molecular weight is 373 g/mol. The minimum absolute atomic E-state index is 0. The summed E-state index contributed by atoms with van der Waals surface area (Å²) in [6, 6.07) is 14.7. The molecule has 4 nitrogen and oxygen atoms in total. The van der Waals surface area contributed by atoms with E-state index in [9.17, 15) is 9.59 Å². The Bertz CT molecular complexity index is 789. The molecule has 0 aliphatic carbocycles. The van der Waals surface area contributed by atoms with Crippen LogP contribution in [0, 0.1) is 12.8 Å². The number of aryl methyl sites for hydroxylation is 1. The molecule has 2 unspecified atom stereocenters. The van der Waals surface area contributed by atoms with Gasteiger partial charge in [0.1, 0.15) is 0 Å². The number of halogens is 1. The molecule has 0 aromatic heterocycles. The number of carbonyl (C=O) groups excluding carboxylic acids is 2. The van der Waals surface area contributed by atoms with Gasteiger partial charge >= 0.3 is 0 Å². The quantitative estimate of drug-likeness (QED) is 0.836. The summed E-state index contributed by atoms with van der Waals surface area (Å²) in [6.07, 6.45) is 0.913. The van der Waals surface area contributed by atoms with E-state index < -0.39 is 0 Å². The molecule has 1 heterocycles. The highest BCUT2D eigenvalue weighted by Gasteiger charge is 2.33. The predicted octanol–water partition coefficient (Wildman–Crippen LogP) is 3.46. The van der Waals surface area contributed by atoms with Gasteiger partial charge < -0.3 is 10.6 Å². The van der Waals surface area contributed by atoms with Gasteiger partial charge in [0.15, 0.2) is 5.78 Å². The number of carbonyl (C=O) groups is 2. The number of amides is 1. The number of rotatable bonds is 4.